The fraction of sp³-hybridized carbons (Fsp3) is 0.857. The molecule has 0 aliphatic heterocycles. The normalized spacial score (nSPS) is 53.4. The molecule has 2 N–H and O–H groups in total. The predicted octanol–water partition coefficient (Wildman–Crippen LogP) is 3.95. The molecule has 0 aromatic rings. The molecule has 3 nitrogen and oxygen atoms in total. The quantitative estimate of drug-likeness (QED) is 0.716. The van der Waals surface area contributed by atoms with E-state index in [9.17, 15) is 15.5 Å². The number of aliphatic hydroxyl groups is 2. The van der Waals surface area contributed by atoms with E-state index in [1.807, 2.05) is 0 Å². The van der Waals surface area contributed by atoms with Gasteiger partial charge in [0.05, 0.1) is 24.2 Å². The first-order chi connectivity index (χ1) is 11.3. The maximum atomic E-state index is 11.2. The van der Waals surface area contributed by atoms with Gasteiger partial charge in [-0.25, -0.2) is 0 Å². The van der Waals surface area contributed by atoms with E-state index in [1.54, 1.807) is 0 Å². The second kappa shape index (κ2) is 5.32. The largest absolute Gasteiger partial charge is 0.393 e. The van der Waals surface area contributed by atoms with Crippen molar-refractivity contribution < 1.29 is 10.2 Å². The van der Waals surface area contributed by atoms with E-state index in [0.29, 0.717) is 17.8 Å². The fourth-order valence-corrected chi connectivity index (χ4v) is 7.17. The molecular weight excluding hydrogens is 298 g/mol. The minimum Gasteiger partial charge on any atom is -0.393 e. The first-order valence-corrected chi connectivity index (χ1v) is 9.81. The summed E-state index contributed by atoms with van der Waals surface area (Å²) in [7, 11) is 0. The second-order valence-corrected chi connectivity index (χ2v) is 9.52. The molecule has 0 spiro atoms. The first kappa shape index (κ1) is 16.6. The molecule has 132 valence electrons. The molecule has 0 aromatic heterocycles. The molecule has 0 bridgehead atoms. The lowest BCUT2D eigenvalue weighted by Gasteiger charge is -2.58. The summed E-state index contributed by atoms with van der Waals surface area (Å²) < 4.78 is 0. The van der Waals surface area contributed by atoms with Crippen molar-refractivity contribution in [3.63, 3.8) is 0 Å². The molecular formula is C21H31NO2. The molecule has 7 atom stereocenters. The molecule has 4 aliphatic rings. The van der Waals surface area contributed by atoms with E-state index in [0.717, 1.165) is 51.4 Å². The van der Waals surface area contributed by atoms with Crippen LogP contribution in [0.2, 0.25) is 0 Å². The van der Waals surface area contributed by atoms with E-state index in [-0.39, 0.29) is 23.4 Å². The Balaban J connectivity index is 1.67. The van der Waals surface area contributed by atoms with Crippen molar-refractivity contribution in [1.29, 1.82) is 5.26 Å². The van der Waals surface area contributed by atoms with E-state index in [2.05, 4.69) is 26.0 Å². The highest BCUT2D eigenvalue weighted by Gasteiger charge is 2.63. The summed E-state index contributed by atoms with van der Waals surface area (Å²) in [6.07, 6.45) is 10.6. The SMILES string of the molecule is C[C@]12CCC(O)CC1=CCC1C2CC[C@@]2(C)C1CC[C@]2(O)CC#N. The average Bonchev–Trinajstić information content (AvgIpc) is 2.80. The van der Waals surface area contributed by atoms with Crippen molar-refractivity contribution in [2.24, 2.45) is 28.6 Å². The third kappa shape index (κ3) is 2.02. The van der Waals surface area contributed by atoms with Crippen molar-refractivity contribution in [1.82, 2.24) is 0 Å². The zero-order valence-corrected chi connectivity index (χ0v) is 15.1. The van der Waals surface area contributed by atoms with Gasteiger partial charge in [-0.2, -0.15) is 5.26 Å². The minimum atomic E-state index is -0.787. The van der Waals surface area contributed by atoms with E-state index >= 15 is 0 Å². The summed E-state index contributed by atoms with van der Waals surface area (Å²) in [5.74, 6) is 1.86. The van der Waals surface area contributed by atoms with Crippen molar-refractivity contribution in [3.8, 4) is 6.07 Å². The van der Waals surface area contributed by atoms with Gasteiger partial charge in [0, 0.05) is 5.41 Å². The molecule has 0 saturated heterocycles. The molecule has 0 heterocycles. The van der Waals surface area contributed by atoms with Crippen molar-refractivity contribution in [2.45, 2.75) is 83.3 Å². The van der Waals surface area contributed by atoms with E-state index < -0.39 is 5.60 Å². The highest BCUT2D eigenvalue weighted by Crippen LogP contribution is 2.67. The number of hydrogen-bond acceptors (Lipinski definition) is 3. The summed E-state index contributed by atoms with van der Waals surface area (Å²) in [6.45, 7) is 4.69. The number of rotatable bonds is 1. The maximum absolute atomic E-state index is 11.2. The predicted molar refractivity (Wildman–Crippen MR) is 92.9 cm³/mol. The van der Waals surface area contributed by atoms with Crippen LogP contribution in [0.3, 0.4) is 0 Å². The highest BCUT2D eigenvalue weighted by molar-refractivity contribution is 5.26. The van der Waals surface area contributed by atoms with Gasteiger partial charge in [0.1, 0.15) is 0 Å². The zero-order chi connectivity index (χ0) is 17.2. The van der Waals surface area contributed by atoms with Gasteiger partial charge in [-0.1, -0.05) is 25.5 Å². The van der Waals surface area contributed by atoms with Crippen LogP contribution in [-0.4, -0.2) is 21.9 Å². The maximum Gasteiger partial charge on any atom is 0.0833 e. The van der Waals surface area contributed by atoms with Gasteiger partial charge in [0.2, 0.25) is 0 Å². The lowest BCUT2D eigenvalue weighted by atomic mass is 9.47. The number of aliphatic hydroxyl groups excluding tert-OH is 1. The summed E-state index contributed by atoms with van der Waals surface area (Å²) in [5, 5.41) is 30.5. The second-order valence-electron chi connectivity index (χ2n) is 9.52. The number of nitrogens with zero attached hydrogens (tertiary/aromatic N) is 1. The van der Waals surface area contributed by atoms with E-state index in [4.69, 9.17) is 0 Å². The lowest BCUT2D eigenvalue weighted by Crippen LogP contribution is -2.54. The van der Waals surface area contributed by atoms with Gasteiger partial charge >= 0.3 is 0 Å². The monoisotopic (exact) mass is 329 g/mol. The number of nitriles is 1. The molecule has 3 saturated carbocycles. The average molecular weight is 329 g/mol. The number of hydrogen-bond donors (Lipinski definition) is 2. The Morgan fingerprint density at radius 1 is 1.17 bits per heavy atom. The number of fused-ring (bicyclic) bond motifs is 5. The van der Waals surface area contributed by atoms with Gasteiger partial charge in [-0.05, 0) is 74.5 Å². The van der Waals surface area contributed by atoms with Crippen LogP contribution in [-0.2, 0) is 0 Å². The smallest absolute Gasteiger partial charge is 0.0833 e. The van der Waals surface area contributed by atoms with E-state index in [1.165, 1.54) is 5.57 Å². The summed E-state index contributed by atoms with van der Waals surface area (Å²) >= 11 is 0. The van der Waals surface area contributed by atoms with Crippen LogP contribution in [0.25, 0.3) is 0 Å². The molecule has 0 radical (unpaired) electrons. The van der Waals surface area contributed by atoms with Crippen LogP contribution in [0.1, 0.15) is 71.6 Å². The van der Waals surface area contributed by atoms with Crippen LogP contribution >= 0.6 is 0 Å². The molecule has 4 rings (SSSR count). The molecule has 4 unspecified atom stereocenters. The van der Waals surface area contributed by atoms with Gasteiger partial charge in [-0.15, -0.1) is 0 Å². The first-order valence-electron chi connectivity index (χ1n) is 9.81. The van der Waals surface area contributed by atoms with Gasteiger partial charge in [-0.3, -0.25) is 0 Å². The third-order valence-corrected chi connectivity index (χ3v) is 8.77. The van der Waals surface area contributed by atoms with Gasteiger partial charge < -0.3 is 10.2 Å². The molecule has 0 amide bonds. The fourth-order valence-electron chi connectivity index (χ4n) is 7.17. The van der Waals surface area contributed by atoms with Crippen molar-refractivity contribution in [2.75, 3.05) is 0 Å². The topological polar surface area (TPSA) is 64.2 Å². The van der Waals surface area contributed by atoms with Crippen molar-refractivity contribution in [3.05, 3.63) is 11.6 Å². The summed E-state index contributed by atoms with van der Waals surface area (Å²) in [5.41, 5.74) is 0.862. The summed E-state index contributed by atoms with van der Waals surface area (Å²) in [4.78, 5) is 0. The third-order valence-electron chi connectivity index (χ3n) is 8.77. The van der Waals surface area contributed by atoms with Gasteiger partial charge in [0.15, 0.2) is 0 Å². The molecule has 24 heavy (non-hydrogen) atoms. The van der Waals surface area contributed by atoms with Crippen LogP contribution in [0, 0.1) is 39.9 Å². The van der Waals surface area contributed by atoms with Crippen LogP contribution < -0.4 is 0 Å². The zero-order valence-electron chi connectivity index (χ0n) is 15.1. The Bertz CT molecular complexity index is 607. The Morgan fingerprint density at radius 2 is 1.92 bits per heavy atom. The highest BCUT2D eigenvalue weighted by atomic mass is 16.3. The van der Waals surface area contributed by atoms with Gasteiger partial charge in [0.25, 0.3) is 0 Å². The Labute approximate surface area is 145 Å². The Hall–Kier alpha value is -0.850. The number of allylic oxidation sites excluding steroid dienone is 1. The van der Waals surface area contributed by atoms with Crippen LogP contribution in [0.15, 0.2) is 11.6 Å². The Kier molecular flexibility index (Phi) is 3.68. The Morgan fingerprint density at radius 3 is 2.67 bits per heavy atom. The lowest BCUT2D eigenvalue weighted by molar-refractivity contribution is -0.122. The molecule has 3 heteroatoms. The molecule has 3 fully saturated rings. The van der Waals surface area contributed by atoms with Crippen LogP contribution in [0.4, 0.5) is 0 Å². The molecule has 0 aromatic carbocycles. The minimum absolute atomic E-state index is 0.0974. The summed E-state index contributed by atoms with van der Waals surface area (Å²) in [6, 6.07) is 2.25. The molecule has 4 aliphatic carbocycles. The van der Waals surface area contributed by atoms with Crippen molar-refractivity contribution >= 4 is 0 Å². The van der Waals surface area contributed by atoms with Crippen LogP contribution in [0.5, 0.6) is 0 Å². The standard InChI is InChI=1S/C21H31NO2/c1-19-8-5-15(23)13-14(19)3-4-16-17(19)6-9-20(2)18(16)7-10-21(20,24)11-12-22/h3,15-18,23-24H,4-11,13H2,1-2H3/t15?,16?,17?,18?,19-,20-,21-/m0/s1.